The summed E-state index contributed by atoms with van der Waals surface area (Å²) >= 11 is 0. The maximum absolute atomic E-state index is 4.06. The minimum Gasteiger partial charge on any atom is -0.313 e. The molecule has 0 aliphatic carbocycles. The van der Waals surface area contributed by atoms with E-state index < -0.39 is 0 Å². The van der Waals surface area contributed by atoms with Gasteiger partial charge in [0.05, 0.1) is 0 Å². The molecule has 1 aromatic rings. The van der Waals surface area contributed by atoms with Crippen LogP contribution in [0.3, 0.4) is 0 Å². The molecule has 1 N–H and O–H groups in total. The van der Waals surface area contributed by atoms with E-state index in [0.717, 1.165) is 26.2 Å². The van der Waals surface area contributed by atoms with E-state index >= 15 is 0 Å². The molecule has 1 heterocycles. The van der Waals surface area contributed by atoms with Gasteiger partial charge < -0.3 is 5.32 Å². The highest BCUT2D eigenvalue weighted by atomic mass is 15.1. The minimum atomic E-state index is 0.900. The van der Waals surface area contributed by atoms with E-state index in [9.17, 15) is 0 Å². The summed E-state index contributed by atoms with van der Waals surface area (Å²) in [5.74, 6) is 0. The standard InChI is InChI=1S/C13H21N3/c1-4-14-9-12(2)10-16(3)11-13-5-7-15-8-6-13/h5-8,14H,2,4,9-11H2,1,3H3. The third-order valence-corrected chi connectivity index (χ3v) is 2.32. The highest BCUT2D eigenvalue weighted by Crippen LogP contribution is 2.02. The number of pyridine rings is 1. The zero-order chi connectivity index (χ0) is 11.8. The molecule has 0 unspecified atom stereocenters. The van der Waals surface area contributed by atoms with Crippen LogP contribution in [-0.2, 0) is 6.54 Å². The van der Waals surface area contributed by atoms with Crippen molar-refractivity contribution in [1.29, 1.82) is 0 Å². The molecule has 0 saturated heterocycles. The first-order valence-corrected chi connectivity index (χ1v) is 5.67. The molecular formula is C13H21N3. The maximum Gasteiger partial charge on any atom is 0.0271 e. The Morgan fingerprint density at radius 1 is 1.44 bits per heavy atom. The van der Waals surface area contributed by atoms with Crippen molar-refractivity contribution in [1.82, 2.24) is 15.2 Å². The molecule has 0 aromatic carbocycles. The zero-order valence-electron chi connectivity index (χ0n) is 10.2. The second kappa shape index (κ2) is 7.14. The van der Waals surface area contributed by atoms with Crippen molar-refractivity contribution in [3.05, 3.63) is 42.2 Å². The van der Waals surface area contributed by atoms with Gasteiger partial charge in [-0.2, -0.15) is 0 Å². The van der Waals surface area contributed by atoms with E-state index in [4.69, 9.17) is 0 Å². The van der Waals surface area contributed by atoms with Crippen molar-refractivity contribution in [2.75, 3.05) is 26.7 Å². The topological polar surface area (TPSA) is 28.2 Å². The molecule has 0 fully saturated rings. The quantitative estimate of drug-likeness (QED) is 0.707. The van der Waals surface area contributed by atoms with Crippen LogP contribution in [0.15, 0.2) is 36.7 Å². The molecule has 3 heteroatoms. The van der Waals surface area contributed by atoms with E-state index in [1.807, 2.05) is 24.5 Å². The van der Waals surface area contributed by atoms with E-state index in [1.54, 1.807) is 0 Å². The van der Waals surface area contributed by atoms with Crippen molar-refractivity contribution in [3.8, 4) is 0 Å². The van der Waals surface area contributed by atoms with Crippen LogP contribution < -0.4 is 5.32 Å². The summed E-state index contributed by atoms with van der Waals surface area (Å²) < 4.78 is 0. The Hall–Kier alpha value is -1.19. The van der Waals surface area contributed by atoms with Gasteiger partial charge >= 0.3 is 0 Å². The number of nitrogens with one attached hydrogen (secondary N) is 1. The van der Waals surface area contributed by atoms with Crippen LogP contribution in [0.2, 0.25) is 0 Å². The number of likely N-dealkylation sites (N-methyl/N-ethyl adjacent to an activating group) is 2. The molecule has 0 aliphatic rings. The molecule has 88 valence electrons. The summed E-state index contributed by atoms with van der Waals surface area (Å²) in [7, 11) is 2.11. The van der Waals surface area contributed by atoms with Gasteiger partial charge in [-0.05, 0) is 36.9 Å². The van der Waals surface area contributed by atoms with Crippen LogP contribution in [-0.4, -0.2) is 36.6 Å². The lowest BCUT2D eigenvalue weighted by Crippen LogP contribution is -2.25. The zero-order valence-corrected chi connectivity index (χ0v) is 10.2. The van der Waals surface area contributed by atoms with Crippen molar-refractivity contribution in [2.24, 2.45) is 0 Å². The Bertz CT molecular complexity index is 308. The second-order valence-corrected chi connectivity index (χ2v) is 4.06. The monoisotopic (exact) mass is 219 g/mol. The number of hydrogen-bond acceptors (Lipinski definition) is 3. The Morgan fingerprint density at radius 2 is 2.12 bits per heavy atom. The summed E-state index contributed by atoms with van der Waals surface area (Å²) in [6.07, 6.45) is 3.66. The van der Waals surface area contributed by atoms with Crippen LogP contribution in [0.4, 0.5) is 0 Å². The van der Waals surface area contributed by atoms with E-state index in [1.165, 1.54) is 11.1 Å². The Kier molecular flexibility index (Phi) is 5.75. The third-order valence-electron chi connectivity index (χ3n) is 2.32. The first kappa shape index (κ1) is 12.9. The summed E-state index contributed by atoms with van der Waals surface area (Å²) in [5, 5.41) is 3.28. The van der Waals surface area contributed by atoms with Crippen LogP contribution in [0.1, 0.15) is 12.5 Å². The maximum atomic E-state index is 4.06. The molecule has 16 heavy (non-hydrogen) atoms. The van der Waals surface area contributed by atoms with Gasteiger partial charge in [0.2, 0.25) is 0 Å². The number of hydrogen-bond donors (Lipinski definition) is 1. The molecule has 3 nitrogen and oxygen atoms in total. The first-order valence-electron chi connectivity index (χ1n) is 5.67. The number of nitrogens with zero attached hydrogens (tertiary/aromatic N) is 2. The fraction of sp³-hybridized carbons (Fsp3) is 0.462. The first-order chi connectivity index (χ1) is 7.72. The lowest BCUT2D eigenvalue weighted by Gasteiger charge is -2.18. The van der Waals surface area contributed by atoms with Gasteiger partial charge in [0.1, 0.15) is 0 Å². The van der Waals surface area contributed by atoms with Crippen molar-refractivity contribution >= 4 is 0 Å². The average molecular weight is 219 g/mol. The Labute approximate surface area is 98.2 Å². The highest BCUT2D eigenvalue weighted by Gasteiger charge is 2.01. The normalized spacial score (nSPS) is 10.7. The van der Waals surface area contributed by atoms with Crippen molar-refractivity contribution < 1.29 is 0 Å². The predicted octanol–water partition coefficient (Wildman–Crippen LogP) is 1.68. The fourth-order valence-electron chi connectivity index (χ4n) is 1.60. The van der Waals surface area contributed by atoms with Gasteiger partial charge in [0, 0.05) is 32.0 Å². The predicted molar refractivity (Wildman–Crippen MR) is 68.3 cm³/mol. The summed E-state index contributed by atoms with van der Waals surface area (Å²) in [6.45, 7) is 9.92. The van der Waals surface area contributed by atoms with Crippen LogP contribution in [0.5, 0.6) is 0 Å². The molecule has 0 radical (unpaired) electrons. The lowest BCUT2D eigenvalue weighted by molar-refractivity contribution is 0.352. The van der Waals surface area contributed by atoms with E-state index in [-0.39, 0.29) is 0 Å². The van der Waals surface area contributed by atoms with Crippen molar-refractivity contribution in [2.45, 2.75) is 13.5 Å². The minimum absolute atomic E-state index is 0.900. The van der Waals surface area contributed by atoms with Gasteiger partial charge in [-0.1, -0.05) is 13.5 Å². The largest absolute Gasteiger partial charge is 0.313 e. The molecule has 0 bridgehead atoms. The van der Waals surface area contributed by atoms with Crippen LogP contribution >= 0.6 is 0 Å². The summed E-state index contributed by atoms with van der Waals surface area (Å²) in [6, 6.07) is 4.09. The molecule has 0 atom stereocenters. The SMILES string of the molecule is C=C(CNCC)CN(C)Cc1ccncc1. The fourth-order valence-corrected chi connectivity index (χ4v) is 1.60. The molecule has 1 aromatic heterocycles. The highest BCUT2D eigenvalue weighted by molar-refractivity contribution is 5.10. The molecule has 1 rings (SSSR count). The second-order valence-electron chi connectivity index (χ2n) is 4.06. The molecule has 0 amide bonds. The molecule has 0 aliphatic heterocycles. The Balaban J connectivity index is 2.30. The molecular weight excluding hydrogens is 198 g/mol. The van der Waals surface area contributed by atoms with Crippen molar-refractivity contribution in [3.63, 3.8) is 0 Å². The van der Waals surface area contributed by atoms with Gasteiger partial charge in [-0.3, -0.25) is 9.88 Å². The van der Waals surface area contributed by atoms with Gasteiger partial charge in [-0.15, -0.1) is 0 Å². The summed E-state index contributed by atoms with van der Waals surface area (Å²) in [4.78, 5) is 6.27. The average Bonchev–Trinajstić information content (AvgIpc) is 2.27. The number of aromatic nitrogens is 1. The van der Waals surface area contributed by atoms with E-state index in [0.29, 0.717) is 0 Å². The van der Waals surface area contributed by atoms with E-state index in [2.05, 4.69) is 35.8 Å². The van der Waals surface area contributed by atoms with Gasteiger partial charge in [0.25, 0.3) is 0 Å². The Morgan fingerprint density at radius 3 is 2.75 bits per heavy atom. The van der Waals surface area contributed by atoms with Gasteiger partial charge in [-0.25, -0.2) is 0 Å². The third kappa shape index (κ3) is 5.05. The molecule has 0 spiro atoms. The van der Waals surface area contributed by atoms with Crippen LogP contribution in [0.25, 0.3) is 0 Å². The van der Waals surface area contributed by atoms with Gasteiger partial charge in [0.15, 0.2) is 0 Å². The molecule has 0 saturated carbocycles. The van der Waals surface area contributed by atoms with Crippen LogP contribution in [0, 0.1) is 0 Å². The summed E-state index contributed by atoms with van der Waals surface area (Å²) in [5.41, 5.74) is 2.51. The lowest BCUT2D eigenvalue weighted by atomic mass is 10.2. The number of rotatable bonds is 7. The smallest absolute Gasteiger partial charge is 0.0271 e.